The van der Waals surface area contributed by atoms with Gasteiger partial charge in [0, 0.05) is 13.0 Å². The standard InChI is InChI=1S/C12H15NO2/c1-13(15-2)12(14)11-8-10(11)9-6-4-3-5-7-9/h3-7,10-11H,8H2,1-2H3/t10-,11+/m0/s1. The molecule has 80 valence electrons. The van der Waals surface area contributed by atoms with Crippen LogP contribution in [-0.4, -0.2) is 25.1 Å². The van der Waals surface area contributed by atoms with Gasteiger partial charge in [-0.25, -0.2) is 5.06 Å². The highest BCUT2D eigenvalue weighted by molar-refractivity contribution is 5.81. The molecule has 15 heavy (non-hydrogen) atoms. The lowest BCUT2D eigenvalue weighted by Crippen LogP contribution is -2.27. The normalized spacial score (nSPS) is 23.6. The molecular weight excluding hydrogens is 190 g/mol. The Kier molecular flexibility index (Phi) is 2.73. The van der Waals surface area contributed by atoms with E-state index in [2.05, 4.69) is 12.1 Å². The molecule has 1 amide bonds. The van der Waals surface area contributed by atoms with Crippen LogP contribution >= 0.6 is 0 Å². The largest absolute Gasteiger partial charge is 0.275 e. The van der Waals surface area contributed by atoms with E-state index in [1.54, 1.807) is 7.05 Å². The van der Waals surface area contributed by atoms with Crippen molar-refractivity contribution in [3.05, 3.63) is 35.9 Å². The first-order chi connectivity index (χ1) is 7.24. The molecule has 0 saturated heterocycles. The van der Waals surface area contributed by atoms with Gasteiger partial charge in [-0.1, -0.05) is 30.3 Å². The van der Waals surface area contributed by atoms with E-state index >= 15 is 0 Å². The van der Waals surface area contributed by atoms with Gasteiger partial charge in [0.25, 0.3) is 0 Å². The molecule has 1 aromatic rings. The van der Waals surface area contributed by atoms with Gasteiger partial charge in [0.1, 0.15) is 0 Å². The Labute approximate surface area is 89.6 Å². The Morgan fingerprint density at radius 3 is 2.67 bits per heavy atom. The fourth-order valence-corrected chi connectivity index (χ4v) is 1.86. The van der Waals surface area contributed by atoms with E-state index in [1.807, 2.05) is 18.2 Å². The maximum Gasteiger partial charge on any atom is 0.249 e. The van der Waals surface area contributed by atoms with Crippen molar-refractivity contribution in [2.75, 3.05) is 14.2 Å². The van der Waals surface area contributed by atoms with Gasteiger partial charge in [-0.05, 0) is 17.9 Å². The van der Waals surface area contributed by atoms with E-state index in [0.29, 0.717) is 5.92 Å². The third-order valence-electron chi connectivity index (χ3n) is 2.92. The third kappa shape index (κ3) is 2.02. The number of rotatable bonds is 3. The molecule has 0 aliphatic heterocycles. The quantitative estimate of drug-likeness (QED) is 0.704. The molecule has 2 atom stereocenters. The second-order valence-electron chi connectivity index (χ2n) is 3.88. The van der Waals surface area contributed by atoms with Gasteiger partial charge in [-0.2, -0.15) is 0 Å². The minimum atomic E-state index is 0.0753. The van der Waals surface area contributed by atoms with Crippen LogP contribution in [0.3, 0.4) is 0 Å². The Hall–Kier alpha value is -1.35. The highest BCUT2D eigenvalue weighted by Crippen LogP contribution is 2.48. The molecule has 0 spiro atoms. The highest BCUT2D eigenvalue weighted by atomic mass is 16.7. The van der Waals surface area contributed by atoms with Gasteiger partial charge < -0.3 is 0 Å². The second kappa shape index (κ2) is 4.03. The molecule has 3 heteroatoms. The first-order valence-electron chi connectivity index (χ1n) is 5.10. The molecule has 1 aliphatic rings. The molecule has 2 rings (SSSR count). The highest BCUT2D eigenvalue weighted by Gasteiger charge is 2.45. The zero-order chi connectivity index (χ0) is 10.8. The Balaban J connectivity index is 2.00. The number of hydrogen-bond donors (Lipinski definition) is 0. The van der Waals surface area contributed by atoms with Crippen molar-refractivity contribution in [2.45, 2.75) is 12.3 Å². The molecule has 1 saturated carbocycles. The smallest absolute Gasteiger partial charge is 0.249 e. The van der Waals surface area contributed by atoms with Crippen LogP contribution in [0, 0.1) is 5.92 Å². The van der Waals surface area contributed by atoms with Gasteiger partial charge in [0.15, 0.2) is 0 Å². The Bertz CT molecular complexity index is 350. The van der Waals surface area contributed by atoms with Gasteiger partial charge in [-0.3, -0.25) is 9.63 Å². The topological polar surface area (TPSA) is 29.5 Å². The number of hydrogen-bond acceptors (Lipinski definition) is 2. The maximum atomic E-state index is 11.7. The average Bonchev–Trinajstić information content (AvgIpc) is 3.08. The molecule has 1 aliphatic carbocycles. The van der Waals surface area contributed by atoms with Crippen molar-refractivity contribution in [3.8, 4) is 0 Å². The summed E-state index contributed by atoms with van der Waals surface area (Å²) in [5.74, 6) is 0.569. The van der Waals surface area contributed by atoms with Gasteiger partial charge in [0.2, 0.25) is 5.91 Å². The number of amides is 1. The van der Waals surface area contributed by atoms with Crippen molar-refractivity contribution >= 4 is 5.91 Å². The first-order valence-corrected chi connectivity index (χ1v) is 5.10. The first kappa shape index (κ1) is 10.2. The fourth-order valence-electron chi connectivity index (χ4n) is 1.86. The van der Waals surface area contributed by atoms with E-state index in [-0.39, 0.29) is 11.8 Å². The molecule has 1 fully saturated rings. The van der Waals surface area contributed by atoms with Crippen LogP contribution in [0.15, 0.2) is 30.3 Å². The summed E-state index contributed by atoms with van der Waals surface area (Å²) in [7, 11) is 3.17. The lowest BCUT2D eigenvalue weighted by Gasteiger charge is -2.13. The van der Waals surface area contributed by atoms with Gasteiger partial charge in [0.05, 0.1) is 7.11 Å². The summed E-state index contributed by atoms with van der Waals surface area (Å²) in [6.45, 7) is 0. The molecule has 0 unspecified atom stereocenters. The summed E-state index contributed by atoms with van der Waals surface area (Å²) in [6.07, 6.45) is 0.941. The van der Waals surface area contributed by atoms with Crippen molar-refractivity contribution in [2.24, 2.45) is 5.92 Å². The predicted molar refractivity (Wildman–Crippen MR) is 57.1 cm³/mol. The molecule has 0 bridgehead atoms. The SMILES string of the molecule is CON(C)C(=O)[C@@H]1C[C@H]1c1ccccc1. The van der Waals surface area contributed by atoms with Crippen LogP contribution in [0.4, 0.5) is 0 Å². The summed E-state index contributed by atoms with van der Waals surface area (Å²) in [6, 6.07) is 10.2. The molecule has 0 N–H and O–H groups in total. The van der Waals surface area contributed by atoms with Crippen LogP contribution in [0.25, 0.3) is 0 Å². The van der Waals surface area contributed by atoms with Crippen molar-refractivity contribution in [1.82, 2.24) is 5.06 Å². The van der Waals surface area contributed by atoms with E-state index in [9.17, 15) is 4.79 Å². The van der Waals surface area contributed by atoms with E-state index in [1.165, 1.54) is 17.7 Å². The summed E-state index contributed by atoms with van der Waals surface area (Å²) < 4.78 is 0. The van der Waals surface area contributed by atoms with Crippen LogP contribution < -0.4 is 0 Å². The predicted octanol–water partition coefficient (Wildman–Crippen LogP) is 1.81. The number of hydroxylamine groups is 2. The summed E-state index contributed by atoms with van der Waals surface area (Å²) >= 11 is 0. The molecule has 0 heterocycles. The van der Waals surface area contributed by atoms with E-state index in [0.717, 1.165) is 6.42 Å². The summed E-state index contributed by atoms with van der Waals surface area (Å²) in [4.78, 5) is 16.6. The minimum absolute atomic E-state index is 0.0753. The Morgan fingerprint density at radius 1 is 1.40 bits per heavy atom. The number of carbonyl (C=O) groups is 1. The number of nitrogens with zero attached hydrogens (tertiary/aromatic N) is 1. The number of carbonyl (C=O) groups excluding carboxylic acids is 1. The van der Waals surface area contributed by atoms with Gasteiger partial charge >= 0.3 is 0 Å². The maximum absolute atomic E-state index is 11.7. The van der Waals surface area contributed by atoms with Crippen molar-refractivity contribution in [1.29, 1.82) is 0 Å². The minimum Gasteiger partial charge on any atom is -0.275 e. The van der Waals surface area contributed by atoms with Gasteiger partial charge in [-0.15, -0.1) is 0 Å². The van der Waals surface area contributed by atoms with Crippen LogP contribution in [0.1, 0.15) is 17.9 Å². The zero-order valence-electron chi connectivity index (χ0n) is 9.01. The molecule has 0 aromatic heterocycles. The monoisotopic (exact) mass is 205 g/mol. The lowest BCUT2D eigenvalue weighted by atomic mass is 10.1. The molecule has 3 nitrogen and oxygen atoms in total. The van der Waals surface area contributed by atoms with Crippen LogP contribution in [0.5, 0.6) is 0 Å². The van der Waals surface area contributed by atoms with Crippen molar-refractivity contribution in [3.63, 3.8) is 0 Å². The van der Waals surface area contributed by atoms with E-state index in [4.69, 9.17) is 4.84 Å². The summed E-state index contributed by atoms with van der Waals surface area (Å²) in [5, 5.41) is 1.31. The Morgan fingerprint density at radius 2 is 2.07 bits per heavy atom. The number of benzene rings is 1. The van der Waals surface area contributed by atoms with Crippen molar-refractivity contribution < 1.29 is 9.63 Å². The van der Waals surface area contributed by atoms with Crippen LogP contribution in [-0.2, 0) is 9.63 Å². The fraction of sp³-hybridized carbons (Fsp3) is 0.417. The average molecular weight is 205 g/mol. The zero-order valence-corrected chi connectivity index (χ0v) is 9.01. The third-order valence-corrected chi connectivity index (χ3v) is 2.92. The molecule has 0 radical (unpaired) electrons. The molecular formula is C12H15NO2. The summed E-state index contributed by atoms with van der Waals surface area (Å²) in [5.41, 5.74) is 1.25. The lowest BCUT2D eigenvalue weighted by molar-refractivity contribution is -0.170. The van der Waals surface area contributed by atoms with Crippen LogP contribution in [0.2, 0.25) is 0 Å². The molecule has 1 aromatic carbocycles. The second-order valence-corrected chi connectivity index (χ2v) is 3.88. The van der Waals surface area contributed by atoms with E-state index < -0.39 is 0 Å².